The first-order valence-electron chi connectivity index (χ1n) is 3.92. The van der Waals surface area contributed by atoms with Crippen LogP contribution in [0.4, 0.5) is 0 Å². The van der Waals surface area contributed by atoms with Gasteiger partial charge in [0.25, 0.3) is 0 Å². The van der Waals surface area contributed by atoms with Gasteiger partial charge in [-0.05, 0) is 6.08 Å². The largest absolute Gasteiger partial charge is 0.481 e. The second kappa shape index (κ2) is 3.72. The molecule has 0 aromatic rings. The summed E-state index contributed by atoms with van der Waals surface area (Å²) in [6, 6.07) is 0. The van der Waals surface area contributed by atoms with Gasteiger partial charge in [-0.15, -0.1) is 0 Å². The van der Waals surface area contributed by atoms with E-state index >= 15 is 0 Å². The topological polar surface area (TPSA) is 37.3 Å². The lowest BCUT2D eigenvalue weighted by atomic mass is 9.87. The molecule has 0 aliphatic heterocycles. The standard InChI is InChI=1S/C9H10Cl2O2/c1-6(8(12)13)7-4-2-3-5-9(7,10)11/h2-7H,1H3,(H,12,13). The van der Waals surface area contributed by atoms with Gasteiger partial charge in [-0.3, -0.25) is 4.79 Å². The lowest BCUT2D eigenvalue weighted by Gasteiger charge is -2.29. The van der Waals surface area contributed by atoms with E-state index in [0.717, 1.165) is 0 Å². The Morgan fingerprint density at radius 1 is 1.54 bits per heavy atom. The molecule has 0 aromatic heterocycles. The van der Waals surface area contributed by atoms with E-state index < -0.39 is 16.2 Å². The lowest BCUT2D eigenvalue weighted by Crippen LogP contribution is -2.33. The molecule has 13 heavy (non-hydrogen) atoms. The zero-order chi connectivity index (χ0) is 10.1. The molecule has 1 aliphatic carbocycles. The lowest BCUT2D eigenvalue weighted by molar-refractivity contribution is -0.142. The van der Waals surface area contributed by atoms with Crippen molar-refractivity contribution in [3.8, 4) is 0 Å². The summed E-state index contributed by atoms with van der Waals surface area (Å²) < 4.78 is -1.10. The molecular formula is C9H10Cl2O2. The van der Waals surface area contributed by atoms with Crippen molar-refractivity contribution in [1.29, 1.82) is 0 Å². The predicted molar refractivity (Wildman–Crippen MR) is 53.0 cm³/mol. The number of carbonyl (C=O) groups is 1. The average Bonchev–Trinajstić information content (AvgIpc) is 2.02. The number of hydrogen-bond donors (Lipinski definition) is 1. The fraction of sp³-hybridized carbons (Fsp3) is 0.444. The van der Waals surface area contributed by atoms with E-state index in [-0.39, 0.29) is 5.92 Å². The highest BCUT2D eigenvalue weighted by molar-refractivity contribution is 6.50. The van der Waals surface area contributed by atoms with Gasteiger partial charge in [0.05, 0.1) is 5.92 Å². The van der Waals surface area contributed by atoms with E-state index in [2.05, 4.69) is 0 Å². The van der Waals surface area contributed by atoms with Crippen LogP contribution >= 0.6 is 23.2 Å². The summed E-state index contributed by atoms with van der Waals surface area (Å²) >= 11 is 11.9. The van der Waals surface area contributed by atoms with Crippen molar-refractivity contribution in [2.75, 3.05) is 0 Å². The molecule has 2 unspecified atom stereocenters. The third kappa shape index (κ3) is 2.26. The van der Waals surface area contributed by atoms with Gasteiger partial charge >= 0.3 is 5.97 Å². The first-order valence-corrected chi connectivity index (χ1v) is 4.67. The fourth-order valence-corrected chi connectivity index (χ4v) is 1.93. The van der Waals surface area contributed by atoms with E-state index in [4.69, 9.17) is 28.3 Å². The van der Waals surface area contributed by atoms with Crippen molar-refractivity contribution in [3.05, 3.63) is 24.3 Å². The van der Waals surface area contributed by atoms with Crippen molar-refractivity contribution >= 4 is 29.2 Å². The van der Waals surface area contributed by atoms with Crippen LogP contribution in [-0.2, 0) is 4.79 Å². The second-order valence-corrected chi connectivity index (χ2v) is 4.52. The molecule has 0 spiro atoms. The van der Waals surface area contributed by atoms with Crippen LogP contribution in [0.1, 0.15) is 6.92 Å². The molecule has 0 saturated heterocycles. The number of carboxylic acids is 1. The van der Waals surface area contributed by atoms with E-state index in [1.807, 2.05) is 0 Å². The number of hydrogen-bond acceptors (Lipinski definition) is 1. The Balaban J connectivity index is 2.86. The van der Waals surface area contributed by atoms with Crippen molar-refractivity contribution in [2.24, 2.45) is 11.8 Å². The highest BCUT2D eigenvalue weighted by Crippen LogP contribution is 2.39. The third-order valence-electron chi connectivity index (χ3n) is 2.12. The van der Waals surface area contributed by atoms with Gasteiger partial charge in [0.2, 0.25) is 0 Å². The summed E-state index contributed by atoms with van der Waals surface area (Å²) in [7, 11) is 0. The number of alkyl halides is 2. The highest BCUT2D eigenvalue weighted by Gasteiger charge is 2.38. The minimum absolute atomic E-state index is 0.377. The molecule has 2 atom stereocenters. The minimum atomic E-state index is -1.10. The number of aliphatic carboxylic acids is 1. The quantitative estimate of drug-likeness (QED) is 0.727. The first-order chi connectivity index (χ1) is 5.95. The molecular weight excluding hydrogens is 211 g/mol. The molecule has 72 valence electrons. The zero-order valence-corrected chi connectivity index (χ0v) is 8.59. The molecule has 4 heteroatoms. The monoisotopic (exact) mass is 220 g/mol. The fourth-order valence-electron chi connectivity index (χ4n) is 1.26. The van der Waals surface area contributed by atoms with Crippen LogP contribution in [0.15, 0.2) is 24.3 Å². The van der Waals surface area contributed by atoms with Gasteiger partial charge in [-0.25, -0.2) is 0 Å². The van der Waals surface area contributed by atoms with Gasteiger partial charge in [-0.2, -0.15) is 0 Å². The van der Waals surface area contributed by atoms with E-state index in [0.29, 0.717) is 0 Å². The molecule has 1 aliphatic rings. The Morgan fingerprint density at radius 3 is 2.62 bits per heavy atom. The summed E-state index contributed by atoms with van der Waals surface area (Å²) in [6.45, 7) is 1.59. The van der Waals surface area contributed by atoms with E-state index in [9.17, 15) is 4.79 Å². The molecule has 0 bridgehead atoms. The normalized spacial score (nSPS) is 27.2. The third-order valence-corrected chi connectivity index (χ3v) is 2.88. The van der Waals surface area contributed by atoms with E-state index in [1.54, 1.807) is 31.2 Å². The summed E-state index contributed by atoms with van der Waals surface area (Å²) in [5.41, 5.74) is 0. The zero-order valence-electron chi connectivity index (χ0n) is 7.08. The minimum Gasteiger partial charge on any atom is -0.481 e. The molecule has 0 saturated carbocycles. The van der Waals surface area contributed by atoms with Gasteiger partial charge in [0, 0.05) is 5.92 Å². The molecule has 0 aromatic carbocycles. The first kappa shape index (κ1) is 10.6. The Labute approximate surface area is 86.8 Å². The van der Waals surface area contributed by atoms with Crippen LogP contribution in [0.3, 0.4) is 0 Å². The van der Waals surface area contributed by atoms with Crippen LogP contribution in [0.25, 0.3) is 0 Å². The second-order valence-electron chi connectivity index (χ2n) is 3.07. The maximum absolute atomic E-state index is 10.7. The van der Waals surface area contributed by atoms with Crippen molar-refractivity contribution in [2.45, 2.75) is 11.3 Å². The molecule has 2 nitrogen and oxygen atoms in total. The van der Waals surface area contributed by atoms with Gasteiger partial charge in [0.15, 0.2) is 0 Å². The molecule has 0 radical (unpaired) electrons. The van der Waals surface area contributed by atoms with Crippen LogP contribution in [-0.4, -0.2) is 15.4 Å². The average molecular weight is 221 g/mol. The maximum atomic E-state index is 10.7. The van der Waals surface area contributed by atoms with Gasteiger partial charge in [0.1, 0.15) is 4.33 Å². The predicted octanol–water partition coefficient (Wildman–Crippen LogP) is 2.62. The van der Waals surface area contributed by atoms with Crippen LogP contribution in [0.2, 0.25) is 0 Å². The number of allylic oxidation sites excluding steroid dienone is 4. The van der Waals surface area contributed by atoms with Crippen molar-refractivity contribution in [3.63, 3.8) is 0 Å². The van der Waals surface area contributed by atoms with Crippen molar-refractivity contribution < 1.29 is 9.90 Å². The summed E-state index contributed by atoms with van der Waals surface area (Å²) in [4.78, 5) is 10.7. The summed E-state index contributed by atoms with van der Waals surface area (Å²) in [6.07, 6.45) is 6.79. The van der Waals surface area contributed by atoms with Gasteiger partial charge in [-0.1, -0.05) is 48.4 Å². The number of halogens is 2. The van der Waals surface area contributed by atoms with Crippen LogP contribution in [0, 0.1) is 11.8 Å². The Bertz CT molecular complexity index is 269. The summed E-state index contributed by atoms with van der Waals surface area (Å²) in [5, 5.41) is 8.79. The van der Waals surface area contributed by atoms with Crippen LogP contribution < -0.4 is 0 Å². The smallest absolute Gasteiger partial charge is 0.306 e. The van der Waals surface area contributed by atoms with Crippen molar-refractivity contribution in [1.82, 2.24) is 0 Å². The molecule has 0 heterocycles. The molecule has 0 fully saturated rings. The molecule has 1 N–H and O–H groups in total. The Hall–Kier alpha value is -0.470. The number of carboxylic acid groups (broad SMARTS) is 1. The Kier molecular flexibility index (Phi) is 3.04. The maximum Gasteiger partial charge on any atom is 0.306 e. The van der Waals surface area contributed by atoms with E-state index in [1.165, 1.54) is 0 Å². The summed E-state index contributed by atoms with van der Waals surface area (Å²) in [5.74, 6) is -1.86. The molecule has 0 amide bonds. The van der Waals surface area contributed by atoms with Gasteiger partial charge < -0.3 is 5.11 Å². The SMILES string of the molecule is CC(C(=O)O)C1C=CC=CC1(Cl)Cl. The molecule has 1 rings (SSSR count). The van der Waals surface area contributed by atoms with Crippen LogP contribution in [0.5, 0.6) is 0 Å². The Morgan fingerprint density at radius 2 is 2.15 bits per heavy atom. The number of rotatable bonds is 2. The highest BCUT2D eigenvalue weighted by atomic mass is 35.5.